The van der Waals surface area contributed by atoms with Gasteiger partial charge in [0.25, 0.3) is 5.91 Å². The van der Waals surface area contributed by atoms with Crippen molar-refractivity contribution in [3.63, 3.8) is 0 Å². The summed E-state index contributed by atoms with van der Waals surface area (Å²) in [6, 6.07) is 1.15. The number of imidazole rings is 1. The third-order valence-electron chi connectivity index (χ3n) is 2.73. The van der Waals surface area contributed by atoms with E-state index in [1.807, 2.05) is 0 Å². The molecule has 3 heterocycles. The molecule has 2 amide bonds. The molecular weight excluding hydrogens is 252 g/mol. The van der Waals surface area contributed by atoms with Crippen molar-refractivity contribution in [3.05, 3.63) is 34.5 Å². The van der Waals surface area contributed by atoms with Crippen LogP contribution in [0.15, 0.2) is 24.0 Å². The van der Waals surface area contributed by atoms with Crippen LogP contribution in [0.5, 0.6) is 0 Å². The summed E-state index contributed by atoms with van der Waals surface area (Å²) < 4.78 is 0. The topological polar surface area (TPSA) is 86.9 Å². The number of aromatic amines is 1. The zero-order chi connectivity index (χ0) is 12.5. The summed E-state index contributed by atoms with van der Waals surface area (Å²) in [6.07, 6.45) is 3.58. The molecule has 0 bridgehead atoms. The zero-order valence-electron chi connectivity index (χ0n) is 9.27. The van der Waals surface area contributed by atoms with Crippen LogP contribution >= 0.6 is 11.3 Å². The summed E-state index contributed by atoms with van der Waals surface area (Å²) >= 11 is 1.31. The van der Waals surface area contributed by atoms with Gasteiger partial charge < -0.3 is 15.6 Å². The summed E-state index contributed by atoms with van der Waals surface area (Å²) in [5, 5.41) is 7.25. The maximum Gasteiger partial charge on any atom is 0.264 e. The Bertz CT molecular complexity index is 590. The molecule has 0 aromatic carbocycles. The number of amides is 2. The van der Waals surface area contributed by atoms with E-state index < -0.39 is 6.04 Å². The molecule has 7 heteroatoms. The molecule has 92 valence electrons. The van der Waals surface area contributed by atoms with Gasteiger partial charge in [-0.05, 0) is 11.4 Å². The summed E-state index contributed by atoms with van der Waals surface area (Å²) in [6.45, 7) is 0. The molecule has 6 nitrogen and oxygen atoms in total. The van der Waals surface area contributed by atoms with Crippen LogP contribution in [-0.2, 0) is 11.2 Å². The lowest BCUT2D eigenvalue weighted by Gasteiger charge is -2.13. The van der Waals surface area contributed by atoms with E-state index in [1.54, 1.807) is 24.0 Å². The highest BCUT2D eigenvalue weighted by molar-refractivity contribution is 7.12. The number of nitrogens with one attached hydrogen (secondary N) is 3. The molecule has 0 radical (unpaired) electrons. The number of carbonyl (C=O) groups is 2. The molecule has 1 atom stereocenters. The highest BCUT2D eigenvalue weighted by atomic mass is 32.1. The van der Waals surface area contributed by atoms with Crippen molar-refractivity contribution in [2.24, 2.45) is 0 Å². The van der Waals surface area contributed by atoms with Gasteiger partial charge in [-0.15, -0.1) is 11.3 Å². The normalized spacial score (nSPS) is 18.8. The van der Waals surface area contributed by atoms with Gasteiger partial charge in [0.05, 0.1) is 12.0 Å². The molecule has 1 aliphatic rings. The largest absolute Gasteiger partial charge is 0.348 e. The lowest BCUT2D eigenvalue weighted by molar-refractivity contribution is -0.117. The quantitative estimate of drug-likeness (QED) is 0.747. The van der Waals surface area contributed by atoms with Crippen molar-refractivity contribution >= 4 is 28.8 Å². The van der Waals surface area contributed by atoms with Crippen LogP contribution in [0, 0.1) is 0 Å². The number of anilines is 1. The predicted octanol–water partition coefficient (Wildman–Crippen LogP) is 0.764. The molecule has 3 N–H and O–H groups in total. The second-order valence-electron chi connectivity index (χ2n) is 3.96. The second kappa shape index (κ2) is 4.26. The van der Waals surface area contributed by atoms with Crippen LogP contribution in [-0.4, -0.2) is 27.8 Å². The van der Waals surface area contributed by atoms with Crippen molar-refractivity contribution in [2.45, 2.75) is 12.5 Å². The summed E-state index contributed by atoms with van der Waals surface area (Å²) in [5.74, 6) is -0.432. The minimum Gasteiger partial charge on any atom is -0.348 e. The average molecular weight is 262 g/mol. The zero-order valence-corrected chi connectivity index (χ0v) is 10.1. The van der Waals surface area contributed by atoms with Gasteiger partial charge in [0.15, 0.2) is 0 Å². The summed E-state index contributed by atoms with van der Waals surface area (Å²) in [7, 11) is 0. The number of hydrogen-bond acceptors (Lipinski definition) is 4. The van der Waals surface area contributed by atoms with Crippen molar-refractivity contribution in [1.82, 2.24) is 15.3 Å². The number of thiophene rings is 1. The van der Waals surface area contributed by atoms with Gasteiger partial charge in [0, 0.05) is 18.3 Å². The first kappa shape index (κ1) is 11.0. The second-order valence-corrected chi connectivity index (χ2v) is 4.88. The van der Waals surface area contributed by atoms with Gasteiger partial charge in [0.2, 0.25) is 5.91 Å². The Morgan fingerprint density at radius 2 is 2.28 bits per heavy atom. The Balaban J connectivity index is 1.84. The Morgan fingerprint density at radius 1 is 1.39 bits per heavy atom. The molecule has 0 saturated heterocycles. The van der Waals surface area contributed by atoms with Gasteiger partial charge in [-0.25, -0.2) is 4.98 Å². The first-order chi connectivity index (χ1) is 8.74. The Labute approximate surface area is 106 Å². The number of hydrogen-bond donors (Lipinski definition) is 3. The fourth-order valence-electron chi connectivity index (χ4n) is 1.85. The van der Waals surface area contributed by atoms with Crippen LogP contribution < -0.4 is 10.6 Å². The number of rotatable bonds is 2. The molecule has 0 unspecified atom stereocenters. The molecule has 3 rings (SSSR count). The van der Waals surface area contributed by atoms with Crippen molar-refractivity contribution in [1.29, 1.82) is 0 Å². The van der Waals surface area contributed by atoms with E-state index in [-0.39, 0.29) is 11.8 Å². The van der Waals surface area contributed by atoms with Gasteiger partial charge in [0.1, 0.15) is 10.9 Å². The fourth-order valence-corrected chi connectivity index (χ4v) is 2.60. The number of H-pyrrole nitrogens is 1. The number of carbonyl (C=O) groups excluding carboxylic acids is 2. The molecule has 0 saturated carbocycles. The van der Waals surface area contributed by atoms with E-state index in [0.717, 1.165) is 5.69 Å². The first-order valence-corrected chi connectivity index (χ1v) is 6.28. The molecule has 0 fully saturated rings. The standard InChI is InChI=1S/C11H10N4O2S/c16-10-8(3-6-4-12-5-13-6)15-11(17)9-7(14-10)1-2-18-9/h1-2,4-5,8H,3H2,(H,12,13)(H,14,16)(H,15,17)/t8-/m0/s1. The molecule has 18 heavy (non-hydrogen) atoms. The lowest BCUT2D eigenvalue weighted by atomic mass is 10.1. The van der Waals surface area contributed by atoms with E-state index in [1.165, 1.54) is 11.3 Å². The monoisotopic (exact) mass is 262 g/mol. The van der Waals surface area contributed by atoms with Crippen LogP contribution in [0.25, 0.3) is 0 Å². The lowest BCUT2D eigenvalue weighted by Crippen LogP contribution is -2.42. The Hall–Kier alpha value is -2.15. The maximum atomic E-state index is 12.0. The van der Waals surface area contributed by atoms with Crippen molar-refractivity contribution in [2.75, 3.05) is 5.32 Å². The van der Waals surface area contributed by atoms with Gasteiger partial charge in [-0.3, -0.25) is 9.59 Å². The molecule has 0 spiro atoms. The summed E-state index contributed by atoms with van der Waals surface area (Å²) in [4.78, 5) is 31.3. The minimum absolute atomic E-state index is 0.213. The molecule has 2 aromatic heterocycles. The first-order valence-electron chi connectivity index (χ1n) is 5.40. The summed E-state index contributed by atoms with van der Waals surface area (Å²) in [5.41, 5.74) is 1.38. The number of aromatic nitrogens is 2. The minimum atomic E-state index is -0.586. The third kappa shape index (κ3) is 1.88. The number of fused-ring (bicyclic) bond motifs is 1. The van der Waals surface area contributed by atoms with Crippen molar-refractivity contribution < 1.29 is 9.59 Å². The highest BCUT2D eigenvalue weighted by Gasteiger charge is 2.28. The van der Waals surface area contributed by atoms with Crippen LogP contribution in [0.2, 0.25) is 0 Å². The van der Waals surface area contributed by atoms with E-state index >= 15 is 0 Å². The molecule has 2 aromatic rings. The van der Waals surface area contributed by atoms with Crippen LogP contribution in [0.1, 0.15) is 15.4 Å². The van der Waals surface area contributed by atoms with Crippen LogP contribution in [0.3, 0.4) is 0 Å². The average Bonchev–Trinajstić information content (AvgIpc) is 2.96. The van der Waals surface area contributed by atoms with E-state index in [2.05, 4.69) is 20.6 Å². The van der Waals surface area contributed by atoms with Gasteiger partial charge in [-0.2, -0.15) is 0 Å². The van der Waals surface area contributed by atoms with E-state index in [9.17, 15) is 9.59 Å². The molecule has 0 aliphatic carbocycles. The van der Waals surface area contributed by atoms with E-state index in [0.29, 0.717) is 17.0 Å². The van der Waals surface area contributed by atoms with Crippen molar-refractivity contribution in [3.8, 4) is 0 Å². The fraction of sp³-hybridized carbons (Fsp3) is 0.182. The van der Waals surface area contributed by atoms with Gasteiger partial charge in [-0.1, -0.05) is 0 Å². The third-order valence-corrected chi connectivity index (χ3v) is 3.64. The Morgan fingerprint density at radius 3 is 3.06 bits per heavy atom. The molecular formula is C11H10N4O2S. The molecule has 1 aliphatic heterocycles. The number of nitrogens with zero attached hydrogens (tertiary/aromatic N) is 1. The smallest absolute Gasteiger partial charge is 0.264 e. The Kier molecular flexibility index (Phi) is 2.60. The van der Waals surface area contributed by atoms with Crippen LogP contribution in [0.4, 0.5) is 5.69 Å². The van der Waals surface area contributed by atoms with Gasteiger partial charge >= 0.3 is 0 Å². The maximum absolute atomic E-state index is 12.0. The SMILES string of the molecule is O=C1N[C@@H](Cc2cnc[nH]2)C(=O)Nc2ccsc21. The van der Waals surface area contributed by atoms with E-state index in [4.69, 9.17) is 0 Å². The predicted molar refractivity (Wildman–Crippen MR) is 66.5 cm³/mol. The highest BCUT2D eigenvalue weighted by Crippen LogP contribution is 2.24.